The monoisotopic (exact) mass is 406 g/mol. The summed E-state index contributed by atoms with van der Waals surface area (Å²) in [6.45, 7) is 0. The van der Waals surface area contributed by atoms with Gasteiger partial charge >= 0.3 is 0 Å². The van der Waals surface area contributed by atoms with Crippen LogP contribution in [0.3, 0.4) is 0 Å². The zero-order valence-corrected chi connectivity index (χ0v) is 14.3. The molecule has 1 amide bonds. The Kier molecular flexibility index (Phi) is 4.84. The van der Waals surface area contributed by atoms with Gasteiger partial charge in [-0.1, -0.05) is 11.6 Å². The van der Waals surface area contributed by atoms with Gasteiger partial charge in [0.2, 0.25) is 0 Å². The molecule has 5 nitrogen and oxygen atoms in total. The van der Waals surface area contributed by atoms with E-state index >= 15 is 0 Å². The second kappa shape index (κ2) is 6.31. The Morgan fingerprint density at radius 3 is 2.64 bits per heavy atom. The van der Waals surface area contributed by atoms with E-state index in [0.717, 1.165) is 18.4 Å². The Morgan fingerprint density at radius 2 is 2.05 bits per heavy atom. The highest BCUT2D eigenvalue weighted by molar-refractivity contribution is 9.10. The van der Waals surface area contributed by atoms with E-state index in [2.05, 4.69) is 26.2 Å². The van der Waals surface area contributed by atoms with Crippen LogP contribution in [0.1, 0.15) is 10.4 Å². The molecular formula is C13H9BrClFN2O3S. The van der Waals surface area contributed by atoms with Gasteiger partial charge in [-0.15, -0.1) is 0 Å². The van der Waals surface area contributed by atoms with Crippen LogP contribution in [0.4, 0.5) is 10.1 Å². The highest BCUT2D eigenvalue weighted by Gasteiger charge is 2.17. The number of nitrogens with zero attached hydrogens (tertiary/aromatic N) is 1. The molecule has 0 aliphatic heterocycles. The van der Waals surface area contributed by atoms with Crippen molar-refractivity contribution in [2.24, 2.45) is 0 Å². The number of carbonyl (C=O) groups is 1. The number of sulfone groups is 1. The standard InChI is InChI=1S/C13H9BrClFN2O3S/c1-22(20,21)11-5-8(16)2-3-10(11)18-13(19)7-4-9(14)12(15)17-6-7/h2-6H,1H3,(H,18,19). The molecule has 9 heteroatoms. The minimum absolute atomic E-state index is 0.0139. The number of pyridine rings is 1. The van der Waals surface area contributed by atoms with E-state index in [0.29, 0.717) is 4.47 Å². The molecule has 0 saturated heterocycles. The number of hydrogen-bond acceptors (Lipinski definition) is 4. The van der Waals surface area contributed by atoms with Gasteiger partial charge in [-0.3, -0.25) is 4.79 Å². The molecule has 0 aliphatic carbocycles. The van der Waals surface area contributed by atoms with Crippen molar-refractivity contribution in [3.63, 3.8) is 0 Å². The maximum Gasteiger partial charge on any atom is 0.257 e. The summed E-state index contributed by atoms with van der Waals surface area (Å²) in [5.74, 6) is -1.31. The summed E-state index contributed by atoms with van der Waals surface area (Å²) in [4.78, 5) is 15.6. The predicted molar refractivity (Wildman–Crippen MR) is 84.4 cm³/mol. The lowest BCUT2D eigenvalue weighted by molar-refractivity contribution is 0.102. The van der Waals surface area contributed by atoms with E-state index in [4.69, 9.17) is 11.6 Å². The third-order valence-electron chi connectivity index (χ3n) is 2.65. The Labute approximate surface area is 139 Å². The number of benzene rings is 1. The molecule has 0 bridgehead atoms. The van der Waals surface area contributed by atoms with Gasteiger partial charge in [0.15, 0.2) is 9.84 Å². The van der Waals surface area contributed by atoms with Crippen molar-refractivity contribution in [3.8, 4) is 0 Å². The van der Waals surface area contributed by atoms with Crippen LogP contribution in [0, 0.1) is 5.82 Å². The summed E-state index contributed by atoms with van der Waals surface area (Å²) >= 11 is 8.87. The van der Waals surface area contributed by atoms with E-state index in [-0.39, 0.29) is 21.3 Å². The molecule has 0 fully saturated rings. The number of aromatic nitrogens is 1. The molecule has 1 heterocycles. The minimum atomic E-state index is -3.70. The summed E-state index contributed by atoms with van der Waals surface area (Å²) in [7, 11) is -3.70. The predicted octanol–water partition coefficient (Wildman–Crippen LogP) is 3.29. The average Bonchev–Trinajstić information content (AvgIpc) is 2.42. The maximum atomic E-state index is 13.2. The largest absolute Gasteiger partial charge is 0.321 e. The van der Waals surface area contributed by atoms with Crippen molar-refractivity contribution in [1.82, 2.24) is 4.98 Å². The van der Waals surface area contributed by atoms with Crippen LogP contribution in [0.25, 0.3) is 0 Å². The van der Waals surface area contributed by atoms with Gasteiger partial charge in [0.1, 0.15) is 11.0 Å². The molecule has 0 saturated carbocycles. The zero-order valence-electron chi connectivity index (χ0n) is 11.1. The van der Waals surface area contributed by atoms with Crippen molar-refractivity contribution < 1.29 is 17.6 Å². The highest BCUT2D eigenvalue weighted by atomic mass is 79.9. The molecule has 2 aromatic rings. The average molecular weight is 408 g/mol. The fraction of sp³-hybridized carbons (Fsp3) is 0.0769. The number of amides is 1. The van der Waals surface area contributed by atoms with Crippen LogP contribution >= 0.6 is 27.5 Å². The van der Waals surface area contributed by atoms with Crippen LogP contribution in [0.5, 0.6) is 0 Å². The first-order valence-corrected chi connectivity index (χ1v) is 8.87. The Balaban J connectivity index is 2.38. The summed E-state index contributed by atoms with van der Waals surface area (Å²) in [6, 6.07) is 4.53. The number of carbonyl (C=O) groups excluding carboxylic acids is 1. The molecule has 1 N–H and O–H groups in total. The van der Waals surface area contributed by atoms with Crippen molar-refractivity contribution in [3.05, 3.63) is 51.5 Å². The molecule has 1 aromatic carbocycles. The molecule has 116 valence electrons. The maximum absolute atomic E-state index is 13.2. The quantitative estimate of drug-likeness (QED) is 0.792. The highest BCUT2D eigenvalue weighted by Crippen LogP contribution is 2.24. The molecule has 1 aromatic heterocycles. The van der Waals surface area contributed by atoms with E-state index in [1.54, 1.807) is 0 Å². The summed E-state index contributed by atoms with van der Waals surface area (Å²) in [6.07, 6.45) is 2.17. The smallest absolute Gasteiger partial charge is 0.257 e. The van der Waals surface area contributed by atoms with Crippen molar-refractivity contribution in [1.29, 1.82) is 0 Å². The molecule has 2 rings (SSSR count). The lowest BCUT2D eigenvalue weighted by Gasteiger charge is -2.10. The normalized spacial score (nSPS) is 11.3. The summed E-state index contributed by atoms with van der Waals surface area (Å²) in [5, 5.41) is 2.61. The summed E-state index contributed by atoms with van der Waals surface area (Å²) in [5.41, 5.74) is 0.153. The first-order chi connectivity index (χ1) is 10.2. The molecule has 0 spiro atoms. The van der Waals surface area contributed by atoms with Gasteiger partial charge in [-0.05, 0) is 40.2 Å². The summed E-state index contributed by atoms with van der Waals surface area (Å²) < 4.78 is 37.0. The van der Waals surface area contributed by atoms with Crippen LogP contribution in [0.2, 0.25) is 5.15 Å². The number of halogens is 3. The number of anilines is 1. The van der Waals surface area contributed by atoms with E-state index in [9.17, 15) is 17.6 Å². The number of nitrogens with one attached hydrogen (secondary N) is 1. The molecule has 0 radical (unpaired) electrons. The van der Waals surface area contributed by atoms with Gasteiger partial charge in [0.05, 0.1) is 20.6 Å². The van der Waals surface area contributed by atoms with Crippen LogP contribution < -0.4 is 5.32 Å². The van der Waals surface area contributed by atoms with Gasteiger partial charge in [0.25, 0.3) is 5.91 Å². The molecule has 0 aliphatic rings. The van der Waals surface area contributed by atoms with Crippen LogP contribution in [0.15, 0.2) is 39.8 Å². The van der Waals surface area contributed by atoms with Gasteiger partial charge < -0.3 is 5.32 Å². The SMILES string of the molecule is CS(=O)(=O)c1cc(F)ccc1NC(=O)c1cnc(Cl)c(Br)c1. The van der Waals surface area contributed by atoms with Crippen LogP contribution in [-0.4, -0.2) is 25.6 Å². The fourth-order valence-electron chi connectivity index (χ4n) is 1.65. The fourth-order valence-corrected chi connectivity index (χ4v) is 2.94. The lowest BCUT2D eigenvalue weighted by atomic mass is 10.2. The minimum Gasteiger partial charge on any atom is -0.321 e. The topological polar surface area (TPSA) is 76.1 Å². The van der Waals surface area contributed by atoms with Crippen LogP contribution in [-0.2, 0) is 9.84 Å². The van der Waals surface area contributed by atoms with Gasteiger partial charge in [-0.2, -0.15) is 0 Å². The second-order valence-corrected chi connectivity index (χ2v) is 7.56. The Morgan fingerprint density at radius 1 is 1.36 bits per heavy atom. The van der Waals surface area contributed by atoms with E-state index in [1.165, 1.54) is 18.3 Å². The van der Waals surface area contributed by atoms with Gasteiger partial charge in [0, 0.05) is 12.5 Å². The molecule has 22 heavy (non-hydrogen) atoms. The van der Waals surface area contributed by atoms with E-state index < -0.39 is 21.6 Å². The molecular weight excluding hydrogens is 399 g/mol. The van der Waals surface area contributed by atoms with Crippen molar-refractivity contribution >= 4 is 49.0 Å². The second-order valence-electron chi connectivity index (χ2n) is 4.36. The van der Waals surface area contributed by atoms with Gasteiger partial charge in [-0.25, -0.2) is 17.8 Å². The first-order valence-electron chi connectivity index (χ1n) is 5.80. The van der Waals surface area contributed by atoms with Crippen molar-refractivity contribution in [2.75, 3.05) is 11.6 Å². The Bertz CT molecular complexity index is 858. The third-order valence-corrected chi connectivity index (χ3v) is 4.92. The number of rotatable bonds is 3. The number of hydrogen-bond donors (Lipinski definition) is 1. The molecule has 0 atom stereocenters. The zero-order chi connectivity index (χ0) is 16.5. The Hall–Kier alpha value is -1.51. The molecule has 0 unspecified atom stereocenters. The third kappa shape index (κ3) is 3.82. The first kappa shape index (κ1) is 16.9. The lowest BCUT2D eigenvalue weighted by Crippen LogP contribution is -2.15. The van der Waals surface area contributed by atoms with E-state index in [1.807, 2.05) is 0 Å². The van der Waals surface area contributed by atoms with Crippen molar-refractivity contribution in [2.45, 2.75) is 4.90 Å².